The summed E-state index contributed by atoms with van der Waals surface area (Å²) in [7, 11) is 0. The highest BCUT2D eigenvalue weighted by Gasteiger charge is 2.51. The van der Waals surface area contributed by atoms with Crippen molar-refractivity contribution in [2.24, 2.45) is 16.7 Å². The van der Waals surface area contributed by atoms with Gasteiger partial charge in [0.05, 0.1) is 19.7 Å². The van der Waals surface area contributed by atoms with Crippen LogP contribution in [0, 0.1) is 16.7 Å². The molecule has 1 aromatic rings. The lowest BCUT2D eigenvalue weighted by Crippen LogP contribution is -2.56. The average molecular weight is 420 g/mol. The second kappa shape index (κ2) is 6.54. The Morgan fingerprint density at radius 3 is 2.57 bits per heavy atom. The largest absolute Gasteiger partial charge is 0.476 e. The molecule has 1 aromatic heterocycles. The fourth-order valence-corrected chi connectivity index (χ4v) is 5.91. The standard InChI is InChI=1S/C23H31F2N3O2/c1-21(2)8-16-9-22(3,11-21)12-28(16)20(29)17-6-7-18(27-13-23(24,25)14-27)19(26-17)30-10-15-4-5-15/h6-7,15-16H,4-5,8-14H2,1-3H3/t16-,22+/m1/s1. The van der Waals surface area contributed by atoms with Crippen LogP contribution in [0.1, 0.15) is 63.4 Å². The molecule has 3 heterocycles. The second-order valence-corrected chi connectivity index (χ2v) is 11.1. The van der Waals surface area contributed by atoms with Gasteiger partial charge in [-0.1, -0.05) is 20.8 Å². The normalized spacial score (nSPS) is 31.4. The molecule has 5 rings (SSSR count). The van der Waals surface area contributed by atoms with Gasteiger partial charge in [-0.25, -0.2) is 13.8 Å². The molecule has 7 heteroatoms. The number of fused-ring (bicyclic) bond motifs is 2. The van der Waals surface area contributed by atoms with E-state index in [0.717, 1.165) is 38.6 Å². The van der Waals surface area contributed by atoms with E-state index in [9.17, 15) is 13.6 Å². The lowest BCUT2D eigenvalue weighted by molar-refractivity contribution is -0.0265. The Kier molecular flexibility index (Phi) is 4.36. The van der Waals surface area contributed by atoms with E-state index in [-0.39, 0.29) is 35.9 Å². The van der Waals surface area contributed by atoms with E-state index in [1.807, 2.05) is 4.90 Å². The number of nitrogens with zero attached hydrogens (tertiary/aromatic N) is 3. The first-order valence-corrected chi connectivity index (χ1v) is 11.1. The molecule has 0 unspecified atom stereocenters. The number of hydrogen-bond acceptors (Lipinski definition) is 4. The number of halogens is 2. The number of rotatable bonds is 5. The molecule has 5 nitrogen and oxygen atoms in total. The van der Waals surface area contributed by atoms with Crippen LogP contribution in [0.3, 0.4) is 0 Å². The third-order valence-corrected chi connectivity index (χ3v) is 7.07. The number of aromatic nitrogens is 1. The van der Waals surface area contributed by atoms with Gasteiger partial charge in [0, 0.05) is 12.6 Å². The number of likely N-dealkylation sites (tertiary alicyclic amines) is 1. The number of carbonyl (C=O) groups excluding carboxylic acids is 1. The van der Waals surface area contributed by atoms with E-state index in [1.54, 1.807) is 17.0 Å². The molecule has 0 aromatic carbocycles. The molecule has 2 saturated carbocycles. The van der Waals surface area contributed by atoms with Gasteiger partial charge in [0.15, 0.2) is 0 Å². The third kappa shape index (κ3) is 3.76. The predicted octanol–water partition coefficient (Wildman–Crippen LogP) is 4.37. The molecule has 2 saturated heterocycles. The summed E-state index contributed by atoms with van der Waals surface area (Å²) in [6.07, 6.45) is 5.40. The first kappa shape index (κ1) is 20.0. The number of alkyl halides is 2. The molecule has 2 aliphatic heterocycles. The van der Waals surface area contributed by atoms with Gasteiger partial charge in [0.25, 0.3) is 11.8 Å². The topological polar surface area (TPSA) is 45.7 Å². The minimum absolute atomic E-state index is 0.0711. The lowest BCUT2D eigenvalue weighted by Gasteiger charge is -2.40. The second-order valence-electron chi connectivity index (χ2n) is 11.1. The molecule has 30 heavy (non-hydrogen) atoms. The Morgan fingerprint density at radius 2 is 1.90 bits per heavy atom. The maximum Gasteiger partial charge on any atom is 0.282 e. The molecule has 2 atom stereocenters. The number of hydrogen-bond donors (Lipinski definition) is 0. The van der Waals surface area contributed by atoms with Crippen LogP contribution in [0.15, 0.2) is 12.1 Å². The van der Waals surface area contributed by atoms with Gasteiger partial charge in [-0.3, -0.25) is 4.79 Å². The Labute approximate surface area is 176 Å². The number of carbonyl (C=O) groups is 1. The van der Waals surface area contributed by atoms with Crippen LogP contribution < -0.4 is 9.64 Å². The summed E-state index contributed by atoms with van der Waals surface area (Å²) in [5.74, 6) is -1.91. The van der Waals surface area contributed by atoms with Gasteiger partial charge in [-0.15, -0.1) is 0 Å². The summed E-state index contributed by atoms with van der Waals surface area (Å²) >= 11 is 0. The summed E-state index contributed by atoms with van der Waals surface area (Å²) in [5.41, 5.74) is 1.29. The van der Waals surface area contributed by atoms with Crippen molar-refractivity contribution in [1.82, 2.24) is 9.88 Å². The summed E-state index contributed by atoms with van der Waals surface area (Å²) in [4.78, 5) is 21.5. The highest BCUT2D eigenvalue weighted by molar-refractivity contribution is 5.93. The van der Waals surface area contributed by atoms with Gasteiger partial charge < -0.3 is 14.5 Å². The van der Waals surface area contributed by atoms with Crippen molar-refractivity contribution in [2.45, 2.75) is 64.8 Å². The van der Waals surface area contributed by atoms with Gasteiger partial charge in [-0.2, -0.15) is 0 Å². The molecule has 1 amide bonds. The Hall–Kier alpha value is -1.92. The predicted molar refractivity (Wildman–Crippen MR) is 110 cm³/mol. The van der Waals surface area contributed by atoms with E-state index in [2.05, 4.69) is 25.8 Å². The number of pyridine rings is 1. The van der Waals surface area contributed by atoms with Crippen molar-refractivity contribution in [1.29, 1.82) is 0 Å². The molecule has 0 radical (unpaired) electrons. The zero-order chi connectivity index (χ0) is 21.3. The summed E-state index contributed by atoms with van der Waals surface area (Å²) < 4.78 is 32.7. The molecular formula is C23H31F2N3O2. The van der Waals surface area contributed by atoms with E-state index in [4.69, 9.17) is 4.74 Å². The average Bonchev–Trinajstić information content (AvgIpc) is 3.40. The van der Waals surface area contributed by atoms with Crippen molar-refractivity contribution in [3.8, 4) is 5.88 Å². The van der Waals surface area contributed by atoms with Crippen molar-refractivity contribution in [3.05, 3.63) is 17.8 Å². The van der Waals surface area contributed by atoms with Crippen LogP contribution in [0.5, 0.6) is 5.88 Å². The van der Waals surface area contributed by atoms with Gasteiger partial charge >= 0.3 is 0 Å². The molecular weight excluding hydrogens is 388 g/mol. The summed E-state index contributed by atoms with van der Waals surface area (Å²) in [6.45, 7) is 7.46. The van der Waals surface area contributed by atoms with E-state index in [1.165, 1.54) is 0 Å². The molecule has 0 N–H and O–H groups in total. The number of ether oxygens (including phenoxy) is 1. The minimum Gasteiger partial charge on any atom is -0.476 e. The Bertz CT molecular complexity index is 862. The van der Waals surface area contributed by atoms with Gasteiger partial charge in [0.1, 0.15) is 11.4 Å². The van der Waals surface area contributed by atoms with Crippen molar-refractivity contribution in [3.63, 3.8) is 0 Å². The van der Waals surface area contributed by atoms with Gasteiger partial charge in [-0.05, 0) is 61.0 Å². The zero-order valence-corrected chi connectivity index (χ0v) is 18.1. The summed E-state index contributed by atoms with van der Waals surface area (Å²) in [6, 6.07) is 3.64. The highest BCUT2D eigenvalue weighted by Crippen LogP contribution is 2.52. The smallest absolute Gasteiger partial charge is 0.282 e. The van der Waals surface area contributed by atoms with Crippen molar-refractivity contribution < 1.29 is 18.3 Å². The maximum atomic E-state index is 13.4. The fourth-order valence-electron chi connectivity index (χ4n) is 5.91. The maximum absolute atomic E-state index is 13.4. The molecule has 0 spiro atoms. The van der Waals surface area contributed by atoms with Crippen molar-refractivity contribution in [2.75, 3.05) is 31.1 Å². The van der Waals surface area contributed by atoms with Crippen LogP contribution in [0.2, 0.25) is 0 Å². The fraction of sp³-hybridized carbons (Fsp3) is 0.739. The van der Waals surface area contributed by atoms with E-state index in [0.29, 0.717) is 29.8 Å². The highest BCUT2D eigenvalue weighted by atomic mass is 19.3. The molecule has 2 aliphatic carbocycles. The first-order valence-electron chi connectivity index (χ1n) is 11.1. The van der Waals surface area contributed by atoms with Crippen molar-refractivity contribution >= 4 is 11.6 Å². The molecule has 4 aliphatic rings. The lowest BCUT2D eigenvalue weighted by atomic mass is 9.65. The first-order chi connectivity index (χ1) is 14.0. The quantitative estimate of drug-likeness (QED) is 0.711. The Balaban J connectivity index is 1.38. The zero-order valence-electron chi connectivity index (χ0n) is 18.1. The Morgan fingerprint density at radius 1 is 1.17 bits per heavy atom. The van der Waals surface area contributed by atoms with Crippen LogP contribution >= 0.6 is 0 Å². The van der Waals surface area contributed by atoms with Crippen LogP contribution in [-0.4, -0.2) is 54.0 Å². The number of anilines is 1. The molecule has 4 fully saturated rings. The summed E-state index contributed by atoms with van der Waals surface area (Å²) in [5, 5.41) is 0. The SMILES string of the molecule is CC1(C)C[C@@H]2C[C@](C)(CN2C(=O)c2ccc(N3CC(F)(F)C3)c(OCC3CC3)n2)C1. The monoisotopic (exact) mass is 419 g/mol. The number of amides is 1. The minimum atomic E-state index is -2.67. The molecule has 2 bridgehead atoms. The van der Waals surface area contributed by atoms with Crippen LogP contribution in [0.4, 0.5) is 14.5 Å². The van der Waals surface area contributed by atoms with Gasteiger partial charge in [0.2, 0.25) is 5.88 Å². The van der Waals surface area contributed by atoms with E-state index < -0.39 is 5.92 Å². The van der Waals surface area contributed by atoms with E-state index >= 15 is 0 Å². The van der Waals surface area contributed by atoms with Crippen LogP contribution in [0.25, 0.3) is 0 Å². The molecule has 164 valence electrons. The van der Waals surface area contributed by atoms with Crippen LogP contribution in [-0.2, 0) is 0 Å². The third-order valence-electron chi connectivity index (χ3n) is 7.07.